The zero-order valence-corrected chi connectivity index (χ0v) is 23.5. The SMILES string of the molecule is C=CC(O)N1CCN(c2nc(N3CC(N(CC)CC)C3)nc3c(=O)n(-c4c(N)cccc4F)c(C(F)(F)F)cc23)CC1. The molecule has 1 unspecified atom stereocenters. The van der Waals surface area contributed by atoms with Gasteiger partial charge in [-0.25, -0.2) is 9.37 Å². The molecule has 226 valence electrons. The van der Waals surface area contributed by atoms with E-state index in [1.54, 1.807) is 9.80 Å². The van der Waals surface area contributed by atoms with E-state index in [0.29, 0.717) is 39.3 Å². The third-order valence-electron chi connectivity index (χ3n) is 8.05. The largest absolute Gasteiger partial charge is 0.431 e. The highest BCUT2D eigenvalue weighted by Crippen LogP contribution is 2.37. The van der Waals surface area contributed by atoms with Crippen LogP contribution in [-0.2, 0) is 6.18 Å². The first-order chi connectivity index (χ1) is 20.0. The van der Waals surface area contributed by atoms with Gasteiger partial charge in [-0.15, -0.1) is 0 Å². The number of rotatable bonds is 8. The summed E-state index contributed by atoms with van der Waals surface area (Å²) in [5.74, 6) is -0.692. The van der Waals surface area contributed by atoms with Gasteiger partial charge in [0.25, 0.3) is 5.56 Å². The zero-order valence-electron chi connectivity index (χ0n) is 23.5. The second-order valence-electron chi connectivity index (χ2n) is 10.4. The van der Waals surface area contributed by atoms with E-state index in [1.807, 2.05) is 4.90 Å². The number of alkyl halides is 3. The third kappa shape index (κ3) is 5.29. The lowest BCUT2D eigenvalue weighted by Gasteiger charge is -2.45. The van der Waals surface area contributed by atoms with Crippen molar-refractivity contribution in [2.75, 3.05) is 67.9 Å². The zero-order chi connectivity index (χ0) is 30.3. The van der Waals surface area contributed by atoms with Crippen LogP contribution >= 0.6 is 0 Å². The molecule has 4 heterocycles. The lowest BCUT2D eigenvalue weighted by Crippen LogP contribution is -2.60. The predicted molar refractivity (Wildman–Crippen MR) is 153 cm³/mol. The number of anilines is 3. The second-order valence-corrected chi connectivity index (χ2v) is 10.4. The van der Waals surface area contributed by atoms with E-state index in [1.165, 1.54) is 18.2 Å². The Bertz CT molecular complexity index is 1510. The number of aliphatic hydroxyl groups is 1. The standard InChI is InChI=1S/C28H34F4N8O2/c1-4-22(41)37-10-12-38(13-11-37)25-18-14-21(28(30,31)32)40(24-19(29)8-7-9-20(24)33)26(42)23(18)34-27(35-25)39-15-17(16-39)36(5-2)6-3/h4,7-9,14,17,22,41H,1,5-6,10-13,15-16,33H2,2-3H3. The number of fused-ring (bicyclic) bond motifs is 1. The van der Waals surface area contributed by atoms with Crippen molar-refractivity contribution in [3.63, 3.8) is 0 Å². The molecule has 0 aliphatic carbocycles. The number of hydrogen-bond acceptors (Lipinski definition) is 9. The molecule has 0 radical (unpaired) electrons. The molecule has 42 heavy (non-hydrogen) atoms. The van der Waals surface area contributed by atoms with Crippen molar-refractivity contribution in [1.29, 1.82) is 0 Å². The molecule has 2 aliphatic rings. The number of para-hydroxylation sites is 1. The maximum Gasteiger partial charge on any atom is 0.431 e. The van der Waals surface area contributed by atoms with Crippen LogP contribution in [0.25, 0.3) is 16.6 Å². The first-order valence-corrected chi connectivity index (χ1v) is 13.9. The molecule has 3 aromatic rings. The number of nitrogens with two attached hydrogens (primary N) is 1. The van der Waals surface area contributed by atoms with Gasteiger partial charge in [0.15, 0.2) is 0 Å². The molecule has 0 saturated carbocycles. The van der Waals surface area contributed by atoms with Crippen LogP contribution in [0.2, 0.25) is 0 Å². The van der Waals surface area contributed by atoms with E-state index in [9.17, 15) is 27.5 Å². The smallest absolute Gasteiger partial charge is 0.397 e. The fraction of sp³-hybridized carbons (Fsp3) is 0.464. The number of aromatic nitrogens is 3. The highest BCUT2D eigenvalue weighted by molar-refractivity contribution is 5.91. The average Bonchev–Trinajstić information content (AvgIpc) is 2.94. The van der Waals surface area contributed by atoms with Gasteiger partial charge in [0, 0.05) is 45.3 Å². The van der Waals surface area contributed by atoms with E-state index in [0.717, 1.165) is 25.2 Å². The molecule has 0 bridgehead atoms. The molecule has 2 aliphatic heterocycles. The Morgan fingerprint density at radius 1 is 1.14 bits per heavy atom. The fourth-order valence-electron chi connectivity index (χ4n) is 5.68. The van der Waals surface area contributed by atoms with Crippen LogP contribution in [0.5, 0.6) is 0 Å². The minimum atomic E-state index is -5.03. The van der Waals surface area contributed by atoms with Gasteiger partial charge in [0.1, 0.15) is 34.8 Å². The van der Waals surface area contributed by atoms with Crippen molar-refractivity contribution in [1.82, 2.24) is 24.3 Å². The lowest BCUT2D eigenvalue weighted by atomic mass is 10.1. The van der Waals surface area contributed by atoms with E-state index in [-0.39, 0.29) is 39.0 Å². The van der Waals surface area contributed by atoms with Crippen LogP contribution in [0.3, 0.4) is 0 Å². The summed E-state index contributed by atoms with van der Waals surface area (Å²) >= 11 is 0. The molecule has 2 fully saturated rings. The lowest BCUT2D eigenvalue weighted by molar-refractivity contribution is -0.142. The number of nitrogen functional groups attached to an aromatic ring is 1. The van der Waals surface area contributed by atoms with Crippen LogP contribution < -0.4 is 21.1 Å². The van der Waals surface area contributed by atoms with Crippen molar-refractivity contribution in [2.24, 2.45) is 0 Å². The molecule has 1 atom stereocenters. The van der Waals surface area contributed by atoms with Gasteiger partial charge < -0.3 is 20.6 Å². The molecule has 10 nitrogen and oxygen atoms in total. The monoisotopic (exact) mass is 590 g/mol. The van der Waals surface area contributed by atoms with Crippen LogP contribution in [0.15, 0.2) is 41.7 Å². The highest BCUT2D eigenvalue weighted by Gasteiger charge is 2.39. The molecule has 2 aromatic heterocycles. The quantitative estimate of drug-likeness (QED) is 0.233. The summed E-state index contributed by atoms with van der Waals surface area (Å²) in [6, 6.07) is 4.47. The predicted octanol–water partition coefficient (Wildman–Crippen LogP) is 2.68. The molecule has 2 saturated heterocycles. The average molecular weight is 591 g/mol. The Balaban J connectivity index is 1.69. The Kier molecular flexibility index (Phi) is 8.14. The van der Waals surface area contributed by atoms with Crippen LogP contribution in [-0.4, -0.2) is 94.1 Å². The molecule has 14 heteroatoms. The van der Waals surface area contributed by atoms with Crippen LogP contribution in [0, 0.1) is 5.82 Å². The molecule has 3 N–H and O–H groups in total. The van der Waals surface area contributed by atoms with Crippen molar-refractivity contribution in [2.45, 2.75) is 32.3 Å². The summed E-state index contributed by atoms with van der Waals surface area (Å²) in [4.78, 5) is 30.8. The van der Waals surface area contributed by atoms with Gasteiger partial charge in [-0.05, 0) is 37.4 Å². The summed E-state index contributed by atoms with van der Waals surface area (Å²) in [6.45, 7) is 12.0. The van der Waals surface area contributed by atoms with E-state index in [4.69, 9.17) is 10.7 Å². The number of pyridine rings is 1. The molecule has 0 amide bonds. The number of likely N-dealkylation sites (N-methyl/N-ethyl adjacent to an activating group) is 1. The van der Waals surface area contributed by atoms with Crippen molar-refractivity contribution in [3.8, 4) is 5.69 Å². The molecular weight excluding hydrogens is 556 g/mol. The van der Waals surface area contributed by atoms with Gasteiger partial charge >= 0.3 is 6.18 Å². The fourth-order valence-corrected chi connectivity index (χ4v) is 5.68. The number of benzene rings is 1. The molecule has 0 spiro atoms. The third-order valence-corrected chi connectivity index (χ3v) is 8.05. The van der Waals surface area contributed by atoms with Gasteiger partial charge in [-0.1, -0.05) is 26.5 Å². The molecular formula is C28H34F4N8O2. The van der Waals surface area contributed by atoms with Crippen LogP contribution in [0.4, 0.5) is 35.0 Å². The van der Waals surface area contributed by atoms with E-state index < -0.39 is 35.2 Å². The van der Waals surface area contributed by atoms with E-state index in [2.05, 4.69) is 30.3 Å². The first kappa shape index (κ1) is 29.7. The Morgan fingerprint density at radius 3 is 2.38 bits per heavy atom. The van der Waals surface area contributed by atoms with Gasteiger partial charge in [0.05, 0.1) is 11.1 Å². The van der Waals surface area contributed by atoms with E-state index >= 15 is 0 Å². The summed E-state index contributed by atoms with van der Waals surface area (Å²) in [5, 5.41) is 10.1. The second kappa shape index (κ2) is 11.5. The summed E-state index contributed by atoms with van der Waals surface area (Å²) in [6.07, 6.45) is -4.49. The summed E-state index contributed by atoms with van der Waals surface area (Å²) < 4.78 is 58.7. The molecule has 5 rings (SSSR count). The highest BCUT2D eigenvalue weighted by atomic mass is 19.4. The number of hydrogen-bond donors (Lipinski definition) is 2. The normalized spacial score (nSPS) is 17.6. The number of halogens is 4. The topological polar surface area (TPSA) is 107 Å². The Morgan fingerprint density at radius 2 is 1.81 bits per heavy atom. The van der Waals surface area contributed by atoms with Gasteiger partial charge in [0.2, 0.25) is 5.95 Å². The minimum absolute atomic E-state index is 0.0965. The maximum absolute atomic E-state index is 14.9. The number of aliphatic hydroxyl groups excluding tert-OH is 1. The van der Waals surface area contributed by atoms with Gasteiger partial charge in [-0.2, -0.15) is 18.2 Å². The van der Waals surface area contributed by atoms with Gasteiger partial charge in [-0.3, -0.25) is 19.2 Å². The summed E-state index contributed by atoms with van der Waals surface area (Å²) in [5.41, 5.74) is 2.08. The maximum atomic E-state index is 14.9. The van der Waals surface area contributed by atoms with Crippen molar-refractivity contribution < 1.29 is 22.7 Å². The van der Waals surface area contributed by atoms with Crippen molar-refractivity contribution in [3.05, 3.63) is 58.8 Å². The molecule has 1 aromatic carbocycles. The first-order valence-electron chi connectivity index (χ1n) is 13.9. The number of piperazine rings is 1. The Labute approximate surface area is 240 Å². The minimum Gasteiger partial charge on any atom is -0.397 e. The van der Waals surface area contributed by atoms with Crippen LogP contribution in [0.1, 0.15) is 19.5 Å². The van der Waals surface area contributed by atoms with Crippen molar-refractivity contribution >= 4 is 28.4 Å². The number of nitrogens with zero attached hydrogens (tertiary/aromatic N) is 7. The Hall–Kier alpha value is -3.75. The summed E-state index contributed by atoms with van der Waals surface area (Å²) in [7, 11) is 0.